The summed E-state index contributed by atoms with van der Waals surface area (Å²) in [7, 11) is 3.80. The van der Waals surface area contributed by atoms with Crippen LogP contribution in [0.15, 0.2) is 22.5 Å². The third-order valence-electron chi connectivity index (χ3n) is 5.27. The molecule has 0 atom stereocenters. The van der Waals surface area contributed by atoms with Gasteiger partial charge in [-0.05, 0) is 31.2 Å². The van der Waals surface area contributed by atoms with Crippen molar-refractivity contribution in [3.63, 3.8) is 0 Å². The molecule has 2 aromatic heterocycles. The van der Waals surface area contributed by atoms with Crippen LogP contribution in [0, 0.1) is 6.92 Å². The fourth-order valence-electron chi connectivity index (χ4n) is 3.56. The molecule has 1 aliphatic rings. The molecule has 0 aromatic carbocycles. The Morgan fingerprint density at radius 2 is 2.08 bits per heavy atom. The average molecular weight is 361 g/mol. The van der Waals surface area contributed by atoms with Crippen LogP contribution >= 0.6 is 11.3 Å². The maximum absolute atomic E-state index is 4.38. The average Bonchev–Trinajstić information content (AvgIpc) is 3.28. The Bertz CT molecular complexity index is 697. The van der Waals surface area contributed by atoms with Crippen molar-refractivity contribution in [1.29, 1.82) is 0 Å². The molecule has 2 heterocycles. The third kappa shape index (κ3) is 4.03. The van der Waals surface area contributed by atoms with E-state index < -0.39 is 0 Å². The van der Waals surface area contributed by atoms with Gasteiger partial charge in [-0.3, -0.25) is 4.99 Å². The number of guanidine groups is 1. The normalized spacial score (nSPS) is 17.5. The number of hydrogen-bond donors (Lipinski definition) is 2. The van der Waals surface area contributed by atoms with E-state index in [1.165, 1.54) is 37.0 Å². The van der Waals surface area contributed by atoms with Crippen LogP contribution in [-0.4, -0.2) is 34.3 Å². The lowest BCUT2D eigenvalue weighted by molar-refractivity contribution is 0.296. The third-order valence-corrected chi connectivity index (χ3v) is 6.39. The SMILES string of the molecule is CN=C(NCc1nnc(C)n1C)NCC1(c2cccs2)CCCCC1. The van der Waals surface area contributed by atoms with E-state index in [1.54, 1.807) is 0 Å². The summed E-state index contributed by atoms with van der Waals surface area (Å²) >= 11 is 1.88. The topological polar surface area (TPSA) is 67.1 Å². The molecule has 1 fully saturated rings. The van der Waals surface area contributed by atoms with Crippen LogP contribution < -0.4 is 10.6 Å². The molecule has 0 spiro atoms. The maximum atomic E-state index is 4.38. The highest BCUT2D eigenvalue weighted by Crippen LogP contribution is 2.41. The van der Waals surface area contributed by atoms with E-state index in [9.17, 15) is 0 Å². The predicted molar refractivity (Wildman–Crippen MR) is 103 cm³/mol. The lowest BCUT2D eigenvalue weighted by Crippen LogP contribution is -2.46. The van der Waals surface area contributed by atoms with Crippen molar-refractivity contribution in [2.75, 3.05) is 13.6 Å². The van der Waals surface area contributed by atoms with Crippen LogP contribution in [0.4, 0.5) is 0 Å². The van der Waals surface area contributed by atoms with Gasteiger partial charge in [0.05, 0.1) is 6.54 Å². The van der Waals surface area contributed by atoms with E-state index in [4.69, 9.17) is 0 Å². The molecule has 136 valence electrons. The summed E-state index contributed by atoms with van der Waals surface area (Å²) in [6.45, 7) is 3.49. The van der Waals surface area contributed by atoms with Crippen LogP contribution in [0.5, 0.6) is 0 Å². The van der Waals surface area contributed by atoms with Gasteiger partial charge in [-0.15, -0.1) is 21.5 Å². The molecule has 3 rings (SSSR count). The second kappa shape index (κ2) is 7.99. The number of nitrogens with zero attached hydrogens (tertiary/aromatic N) is 4. The van der Waals surface area contributed by atoms with Gasteiger partial charge >= 0.3 is 0 Å². The molecule has 0 saturated heterocycles. The van der Waals surface area contributed by atoms with Crippen LogP contribution in [0.3, 0.4) is 0 Å². The number of rotatable bonds is 5. The molecule has 0 amide bonds. The van der Waals surface area contributed by atoms with Crippen LogP contribution in [-0.2, 0) is 19.0 Å². The Morgan fingerprint density at radius 3 is 2.68 bits per heavy atom. The van der Waals surface area contributed by atoms with Gasteiger partial charge < -0.3 is 15.2 Å². The summed E-state index contributed by atoms with van der Waals surface area (Å²) in [4.78, 5) is 5.88. The second-order valence-electron chi connectivity index (χ2n) is 6.82. The van der Waals surface area contributed by atoms with Gasteiger partial charge in [0, 0.05) is 30.9 Å². The van der Waals surface area contributed by atoms with Gasteiger partial charge in [0.1, 0.15) is 5.82 Å². The lowest BCUT2D eigenvalue weighted by Gasteiger charge is -2.37. The molecule has 0 unspecified atom stereocenters. The van der Waals surface area contributed by atoms with Gasteiger partial charge in [0.15, 0.2) is 11.8 Å². The van der Waals surface area contributed by atoms with Crippen molar-refractivity contribution >= 4 is 17.3 Å². The van der Waals surface area contributed by atoms with Gasteiger partial charge in [-0.2, -0.15) is 0 Å². The van der Waals surface area contributed by atoms with Gasteiger partial charge in [-0.25, -0.2) is 0 Å². The van der Waals surface area contributed by atoms with Crippen molar-refractivity contribution in [3.05, 3.63) is 34.0 Å². The molecule has 0 bridgehead atoms. The highest BCUT2D eigenvalue weighted by molar-refractivity contribution is 7.10. The minimum atomic E-state index is 0.241. The molecule has 0 radical (unpaired) electrons. The summed E-state index contributed by atoms with van der Waals surface area (Å²) in [5, 5.41) is 17.4. The Labute approximate surface area is 153 Å². The molecular weight excluding hydrogens is 332 g/mol. The van der Waals surface area contributed by atoms with Crippen molar-refractivity contribution in [2.24, 2.45) is 12.0 Å². The number of thiophene rings is 1. The first-order chi connectivity index (χ1) is 12.1. The number of nitrogens with one attached hydrogen (secondary N) is 2. The van der Waals surface area contributed by atoms with Gasteiger partial charge in [0.25, 0.3) is 0 Å². The quantitative estimate of drug-likeness (QED) is 0.635. The predicted octanol–water partition coefficient (Wildman–Crippen LogP) is 2.75. The summed E-state index contributed by atoms with van der Waals surface area (Å²) in [6.07, 6.45) is 6.47. The van der Waals surface area contributed by atoms with Crippen LogP contribution in [0.2, 0.25) is 0 Å². The highest BCUT2D eigenvalue weighted by atomic mass is 32.1. The molecular formula is C18H28N6S. The molecule has 1 aliphatic carbocycles. The zero-order valence-electron chi connectivity index (χ0n) is 15.4. The van der Waals surface area contributed by atoms with Crippen LogP contribution in [0.25, 0.3) is 0 Å². The number of hydrogen-bond acceptors (Lipinski definition) is 4. The van der Waals surface area contributed by atoms with Crippen molar-refractivity contribution < 1.29 is 0 Å². The summed E-state index contributed by atoms with van der Waals surface area (Å²) in [5.41, 5.74) is 0.241. The van der Waals surface area contributed by atoms with E-state index in [0.29, 0.717) is 6.54 Å². The maximum Gasteiger partial charge on any atom is 0.191 e. The molecule has 2 N–H and O–H groups in total. The van der Waals surface area contributed by atoms with E-state index in [-0.39, 0.29) is 5.41 Å². The van der Waals surface area contributed by atoms with E-state index in [0.717, 1.165) is 24.2 Å². The molecule has 0 aliphatic heterocycles. The van der Waals surface area contributed by atoms with Crippen LogP contribution in [0.1, 0.15) is 48.6 Å². The minimum absolute atomic E-state index is 0.241. The molecule has 6 nitrogen and oxygen atoms in total. The fourth-order valence-corrected chi connectivity index (χ4v) is 4.55. The first-order valence-electron chi connectivity index (χ1n) is 8.98. The van der Waals surface area contributed by atoms with E-state index in [2.05, 4.69) is 43.3 Å². The molecule has 7 heteroatoms. The lowest BCUT2D eigenvalue weighted by atomic mass is 9.73. The van der Waals surface area contributed by atoms with Crippen molar-refractivity contribution in [1.82, 2.24) is 25.4 Å². The first kappa shape index (κ1) is 17.9. The zero-order chi connectivity index (χ0) is 17.7. The Balaban J connectivity index is 1.62. The van der Waals surface area contributed by atoms with Gasteiger partial charge in [0.2, 0.25) is 0 Å². The Morgan fingerprint density at radius 1 is 1.28 bits per heavy atom. The standard InChI is InChI=1S/C18H28N6S/c1-14-22-23-16(24(14)3)12-20-17(19-2)21-13-18(9-5-4-6-10-18)15-8-7-11-25-15/h7-8,11H,4-6,9-10,12-13H2,1-3H3,(H2,19,20,21). The number of aryl methyl sites for hydroxylation is 1. The minimum Gasteiger partial charge on any atom is -0.355 e. The first-order valence-corrected chi connectivity index (χ1v) is 9.86. The number of aliphatic imine (C=N–C) groups is 1. The monoisotopic (exact) mass is 360 g/mol. The second-order valence-corrected chi connectivity index (χ2v) is 7.77. The summed E-state index contributed by atoms with van der Waals surface area (Å²) in [6, 6.07) is 4.45. The summed E-state index contributed by atoms with van der Waals surface area (Å²) in [5.74, 6) is 2.65. The van der Waals surface area contributed by atoms with Crippen molar-refractivity contribution in [2.45, 2.75) is 51.0 Å². The Kier molecular flexibility index (Phi) is 5.73. The van der Waals surface area contributed by atoms with E-state index in [1.807, 2.05) is 36.9 Å². The molecule has 25 heavy (non-hydrogen) atoms. The smallest absolute Gasteiger partial charge is 0.191 e. The number of aromatic nitrogens is 3. The Hall–Kier alpha value is -1.89. The molecule has 2 aromatic rings. The molecule has 1 saturated carbocycles. The van der Waals surface area contributed by atoms with E-state index >= 15 is 0 Å². The summed E-state index contributed by atoms with van der Waals surface area (Å²) < 4.78 is 1.99. The largest absolute Gasteiger partial charge is 0.355 e. The highest BCUT2D eigenvalue weighted by Gasteiger charge is 2.34. The van der Waals surface area contributed by atoms with Gasteiger partial charge in [-0.1, -0.05) is 25.3 Å². The van der Waals surface area contributed by atoms with Crippen molar-refractivity contribution in [3.8, 4) is 0 Å². The fraction of sp³-hybridized carbons (Fsp3) is 0.611. The zero-order valence-corrected chi connectivity index (χ0v) is 16.2.